The van der Waals surface area contributed by atoms with Crippen LogP contribution in [0.2, 0.25) is 0 Å². The molecule has 0 rings (SSSR count). The van der Waals surface area contributed by atoms with E-state index in [9.17, 15) is 4.79 Å². The zero-order chi connectivity index (χ0) is 14.0. The monoisotopic (exact) mass is 257 g/mol. The molecule has 0 amide bonds. The molecule has 0 heterocycles. The van der Waals surface area contributed by atoms with Crippen molar-refractivity contribution in [3.8, 4) is 0 Å². The zero-order valence-corrected chi connectivity index (χ0v) is 12.2. The fraction of sp³-hybridized carbons (Fsp3) is 0.846. The minimum atomic E-state index is -0.183. The largest absolute Gasteiger partial charge is 0.463 e. The fourth-order valence-electron chi connectivity index (χ4n) is 1.22. The third-order valence-electron chi connectivity index (χ3n) is 1.95. The Morgan fingerprint density at radius 2 is 1.89 bits per heavy atom. The second-order valence-electron chi connectivity index (χ2n) is 4.83. The average molecular weight is 257 g/mol. The van der Waals surface area contributed by atoms with Crippen LogP contribution < -0.4 is 10.6 Å². The van der Waals surface area contributed by atoms with Crippen LogP contribution in [-0.2, 0) is 9.53 Å². The molecule has 5 nitrogen and oxygen atoms in total. The molecule has 0 spiro atoms. The van der Waals surface area contributed by atoms with Crippen molar-refractivity contribution < 1.29 is 9.53 Å². The smallest absolute Gasteiger partial charge is 0.307 e. The molecule has 0 atom stereocenters. The predicted octanol–water partition coefficient (Wildman–Crippen LogP) is 1.54. The lowest BCUT2D eigenvalue weighted by molar-refractivity contribution is -0.147. The summed E-state index contributed by atoms with van der Waals surface area (Å²) in [5, 5.41) is 6.26. The van der Waals surface area contributed by atoms with Crippen molar-refractivity contribution in [2.24, 2.45) is 10.9 Å². The van der Waals surface area contributed by atoms with E-state index in [1.807, 2.05) is 20.8 Å². The highest BCUT2D eigenvalue weighted by molar-refractivity contribution is 5.80. The topological polar surface area (TPSA) is 62.7 Å². The number of aliphatic imine (C=N–C) groups is 1. The first-order valence-corrected chi connectivity index (χ1v) is 6.67. The number of nitrogens with one attached hydrogen (secondary N) is 2. The van der Waals surface area contributed by atoms with E-state index >= 15 is 0 Å². The van der Waals surface area contributed by atoms with Crippen LogP contribution in [0.4, 0.5) is 0 Å². The Kier molecular flexibility index (Phi) is 9.06. The number of guanidine groups is 1. The summed E-state index contributed by atoms with van der Waals surface area (Å²) in [5.41, 5.74) is 0. The number of hydrogen-bond acceptors (Lipinski definition) is 3. The van der Waals surface area contributed by atoms with Crippen LogP contribution in [0, 0.1) is 5.92 Å². The van der Waals surface area contributed by atoms with Gasteiger partial charge in [0.1, 0.15) is 0 Å². The summed E-state index contributed by atoms with van der Waals surface area (Å²) in [6, 6.07) is 0. The Balaban J connectivity index is 3.96. The van der Waals surface area contributed by atoms with Gasteiger partial charge in [0.25, 0.3) is 0 Å². The van der Waals surface area contributed by atoms with Crippen LogP contribution >= 0.6 is 0 Å². The Labute approximate surface area is 110 Å². The van der Waals surface area contributed by atoms with E-state index < -0.39 is 0 Å². The van der Waals surface area contributed by atoms with Gasteiger partial charge >= 0.3 is 5.97 Å². The number of ether oxygens (including phenoxy) is 1. The molecule has 0 radical (unpaired) electrons. The van der Waals surface area contributed by atoms with Crippen LogP contribution in [0.15, 0.2) is 4.99 Å². The van der Waals surface area contributed by atoms with Gasteiger partial charge in [0.15, 0.2) is 5.96 Å². The second kappa shape index (κ2) is 9.74. The van der Waals surface area contributed by atoms with Gasteiger partial charge in [-0.25, -0.2) is 0 Å². The standard InChI is InChI=1S/C13H27N3O2/c1-6-14-13(16-9-10(2)3)15-8-7-12(17)18-11(4)5/h10-11H,6-9H2,1-5H3,(H2,14,15,16). The summed E-state index contributed by atoms with van der Waals surface area (Å²) in [6.45, 7) is 12.1. The normalized spacial score (nSPS) is 11.8. The lowest BCUT2D eigenvalue weighted by Crippen LogP contribution is -2.38. The average Bonchev–Trinajstić information content (AvgIpc) is 2.24. The summed E-state index contributed by atoms with van der Waals surface area (Å²) >= 11 is 0. The first-order valence-electron chi connectivity index (χ1n) is 6.67. The quantitative estimate of drug-likeness (QED) is 0.412. The van der Waals surface area contributed by atoms with E-state index in [-0.39, 0.29) is 12.1 Å². The van der Waals surface area contributed by atoms with Crippen LogP contribution in [0.5, 0.6) is 0 Å². The van der Waals surface area contributed by atoms with Gasteiger partial charge in [0, 0.05) is 19.6 Å². The third kappa shape index (κ3) is 9.93. The highest BCUT2D eigenvalue weighted by atomic mass is 16.5. The second-order valence-corrected chi connectivity index (χ2v) is 4.83. The van der Waals surface area contributed by atoms with Crippen molar-refractivity contribution >= 4 is 11.9 Å². The molecule has 0 aliphatic rings. The molecule has 0 aromatic heterocycles. The van der Waals surface area contributed by atoms with Crippen molar-refractivity contribution in [2.45, 2.75) is 47.1 Å². The van der Waals surface area contributed by atoms with Crippen LogP contribution in [0.25, 0.3) is 0 Å². The van der Waals surface area contributed by atoms with Crippen molar-refractivity contribution in [1.82, 2.24) is 10.6 Å². The lowest BCUT2D eigenvalue weighted by Gasteiger charge is -2.12. The maximum atomic E-state index is 11.3. The Morgan fingerprint density at radius 1 is 1.22 bits per heavy atom. The summed E-state index contributed by atoms with van der Waals surface area (Å²) in [4.78, 5) is 15.7. The SMILES string of the molecule is CCNC(=NCC(C)C)NCCC(=O)OC(C)C. The van der Waals surface area contributed by atoms with Gasteiger partial charge in [-0.3, -0.25) is 9.79 Å². The molecule has 0 aliphatic carbocycles. The molecule has 5 heteroatoms. The molecule has 18 heavy (non-hydrogen) atoms. The molecular weight excluding hydrogens is 230 g/mol. The number of nitrogens with zero attached hydrogens (tertiary/aromatic N) is 1. The maximum absolute atomic E-state index is 11.3. The third-order valence-corrected chi connectivity index (χ3v) is 1.95. The number of carbonyl (C=O) groups is 1. The molecule has 0 unspecified atom stereocenters. The Morgan fingerprint density at radius 3 is 2.39 bits per heavy atom. The number of rotatable bonds is 7. The highest BCUT2D eigenvalue weighted by Crippen LogP contribution is 1.93. The first kappa shape index (κ1) is 16.7. The van der Waals surface area contributed by atoms with Crippen LogP contribution in [0.3, 0.4) is 0 Å². The molecule has 0 aliphatic heterocycles. The minimum Gasteiger partial charge on any atom is -0.463 e. The zero-order valence-electron chi connectivity index (χ0n) is 12.2. The van der Waals surface area contributed by atoms with Crippen molar-refractivity contribution in [1.29, 1.82) is 0 Å². The van der Waals surface area contributed by atoms with Crippen LogP contribution in [-0.4, -0.2) is 37.7 Å². The van der Waals surface area contributed by atoms with Crippen molar-refractivity contribution in [3.63, 3.8) is 0 Å². The summed E-state index contributed by atoms with van der Waals surface area (Å²) in [7, 11) is 0. The van der Waals surface area contributed by atoms with Gasteiger partial charge in [-0.15, -0.1) is 0 Å². The van der Waals surface area contributed by atoms with Crippen molar-refractivity contribution in [2.75, 3.05) is 19.6 Å². The molecule has 0 aromatic rings. The van der Waals surface area contributed by atoms with E-state index in [4.69, 9.17) is 4.74 Å². The Hall–Kier alpha value is -1.26. The van der Waals surface area contributed by atoms with Gasteiger partial charge in [-0.05, 0) is 26.7 Å². The number of carbonyl (C=O) groups excluding carboxylic acids is 1. The maximum Gasteiger partial charge on any atom is 0.307 e. The van der Waals surface area contributed by atoms with E-state index in [0.717, 1.165) is 19.0 Å². The molecule has 0 bridgehead atoms. The van der Waals surface area contributed by atoms with Gasteiger partial charge in [-0.1, -0.05) is 13.8 Å². The molecule has 0 fully saturated rings. The van der Waals surface area contributed by atoms with E-state index in [1.54, 1.807) is 0 Å². The molecule has 0 aromatic carbocycles. The first-order chi connectivity index (χ1) is 8.45. The summed E-state index contributed by atoms with van der Waals surface area (Å²) in [5.74, 6) is 1.09. The van der Waals surface area contributed by atoms with E-state index in [1.165, 1.54) is 0 Å². The molecule has 2 N–H and O–H groups in total. The molecular formula is C13H27N3O2. The van der Waals surface area contributed by atoms with Gasteiger partial charge in [-0.2, -0.15) is 0 Å². The van der Waals surface area contributed by atoms with Gasteiger partial charge in [0.05, 0.1) is 12.5 Å². The lowest BCUT2D eigenvalue weighted by atomic mass is 10.2. The molecule has 0 saturated heterocycles. The van der Waals surface area contributed by atoms with E-state index in [2.05, 4.69) is 29.5 Å². The molecule has 0 saturated carbocycles. The van der Waals surface area contributed by atoms with E-state index in [0.29, 0.717) is 18.9 Å². The van der Waals surface area contributed by atoms with Gasteiger partial charge < -0.3 is 15.4 Å². The number of hydrogen-bond donors (Lipinski definition) is 2. The summed E-state index contributed by atoms with van der Waals surface area (Å²) in [6.07, 6.45) is 0.296. The Bertz CT molecular complexity index is 263. The fourth-order valence-corrected chi connectivity index (χ4v) is 1.22. The number of esters is 1. The summed E-state index contributed by atoms with van der Waals surface area (Å²) < 4.78 is 5.05. The highest BCUT2D eigenvalue weighted by Gasteiger charge is 2.05. The van der Waals surface area contributed by atoms with Gasteiger partial charge in [0.2, 0.25) is 0 Å². The van der Waals surface area contributed by atoms with Crippen molar-refractivity contribution in [3.05, 3.63) is 0 Å². The minimum absolute atomic E-state index is 0.0552. The van der Waals surface area contributed by atoms with Crippen LogP contribution in [0.1, 0.15) is 41.0 Å². The molecule has 106 valence electrons. The predicted molar refractivity (Wildman–Crippen MR) is 74.7 cm³/mol.